The van der Waals surface area contributed by atoms with E-state index in [1.807, 2.05) is 12.1 Å². The second-order valence-corrected chi connectivity index (χ2v) is 5.57. The fourth-order valence-electron chi connectivity index (χ4n) is 2.77. The average molecular weight is 291 g/mol. The predicted molar refractivity (Wildman–Crippen MR) is 83.5 cm³/mol. The molecule has 0 spiro atoms. The number of rotatable bonds is 4. The lowest BCUT2D eigenvalue weighted by atomic mass is 10.1. The fourth-order valence-corrected chi connectivity index (χ4v) is 2.91. The van der Waals surface area contributed by atoms with Crippen molar-refractivity contribution in [1.82, 2.24) is 4.98 Å². The first-order valence-corrected chi connectivity index (χ1v) is 7.59. The lowest BCUT2D eigenvalue weighted by molar-refractivity contribution is 0.116. The number of hydrogen-bond donors (Lipinski definition) is 0. The van der Waals surface area contributed by atoms with Crippen molar-refractivity contribution in [3.05, 3.63) is 36.0 Å². The Morgan fingerprint density at radius 3 is 3.00 bits per heavy atom. The van der Waals surface area contributed by atoms with Gasteiger partial charge in [-0.1, -0.05) is 24.3 Å². The van der Waals surface area contributed by atoms with Gasteiger partial charge in [-0.25, -0.2) is 4.98 Å². The average Bonchev–Trinajstić information content (AvgIpc) is 2.98. The van der Waals surface area contributed by atoms with E-state index in [4.69, 9.17) is 21.3 Å². The van der Waals surface area contributed by atoms with Crippen molar-refractivity contribution < 1.29 is 4.74 Å². The summed E-state index contributed by atoms with van der Waals surface area (Å²) in [5, 5.41) is 2.36. The topological polar surface area (TPSA) is 25.4 Å². The van der Waals surface area contributed by atoms with Crippen LogP contribution in [0.3, 0.4) is 0 Å². The van der Waals surface area contributed by atoms with Gasteiger partial charge in [0.1, 0.15) is 5.82 Å². The Kier molecular flexibility index (Phi) is 4.08. The number of nitrogens with zero attached hydrogens (tertiary/aromatic N) is 2. The fraction of sp³-hybridized carbons (Fsp3) is 0.438. The number of benzene rings is 1. The number of ether oxygens (including phenoxy) is 1. The Hall–Kier alpha value is -1.32. The number of anilines is 1. The number of alkyl halides is 1. The third-order valence-electron chi connectivity index (χ3n) is 3.77. The van der Waals surface area contributed by atoms with Crippen LogP contribution in [0.2, 0.25) is 0 Å². The highest BCUT2D eigenvalue weighted by Crippen LogP contribution is 2.26. The van der Waals surface area contributed by atoms with Crippen molar-refractivity contribution in [3.8, 4) is 0 Å². The normalized spacial score (nSPS) is 18.6. The van der Waals surface area contributed by atoms with E-state index < -0.39 is 0 Å². The van der Waals surface area contributed by atoms with Gasteiger partial charge < -0.3 is 9.64 Å². The summed E-state index contributed by atoms with van der Waals surface area (Å²) in [6.07, 6.45) is 2.62. The summed E-state index contributed by atoms with van der Waals surface area (Å²) in [4.78, 5) is 6.89. The molecule has 1 saturated heterocycles. The second kappa shape index (κ2) is 5.98. The monoisotopic (exact) mass is 290 g/mol. The molecule has 0 radical (unpaired) electrons. The van der Waals surface area contributed by atoms with Crippen LogP contribution < -0.4 is 4.90 Å². The summed E-state index contributed by atoms with van der Waals surface area (Å²) in [6.45, 7) is 1.76. The summed E-state index contributed by atoms with van der Waals surface area (Å²) in [7, 11) is 2.08. The van der Waals surface area contributed by atoms with Crippen LogP contribution in [0.4, 0.5) is 5.82 Å². The van der Waals surface area contributed by atoms with E-state index in [0.717, 1.165) is 37.5 Å². The molecule has 1 unspecified atom stereocenters. The first-order valence-electron chi connectivity index (χ1n) is 7.05. The number of halogens is 1. The summed E-state index contributed by atoms with van der Waals surface area (Å²) in [6, 6.07) is 10.4. The molecule has 1 aromatic carbocycles. The Morgan fingerprint density at radius 1 is 1.40 bits per heavy atom. The molecule has 2 heterocycles. The van der Waals surface area contributed by atoms with Crippen LogP contribution in [0.5, 0.6) is 0 Å². The highest BCUT2D eigenvalue weighted by molar-refractivity contribution is 6.17. The van der Waals surface area contributed by atoms with Crippen molar-refractivity contribution in [3.63, 3.8) is 0 Å². The Bertz CT molecular complexity index is 596. The van der Waals surface area contributed by atoms with Crippen LogP contribution in [0.25, 0.3) is 10.8 Å². The molecular formula is C16H19ClN2O. The third kappa shape index (κ3) is 2.74. The van der Waals surface area contributed by atoms with Crippen LogP contribution >= 0.6 is 11.6 Å². The second-order valence-electron chi connectivity index (χ2n) is 5.31. The zero-order valence-corrected chi connectivity index (χ0v) is 12.4. The highest BCUT2D eigenvalue weighted by atomic mass is 35.5. The first kappa shape index (κ1) is 13.7. The van der Waals surface area contributed by atoms with E-state index in [1.165, 1.54) is 10.8 Å². The number of likely N-dealkylation sites (N-methyl/N-ethyl adjacent to an activating group) is 1. The SMILES string of the molecule is CN(CC1CCCO1)c1nc(CCl)cc2ccccc12. The lowest BCUT2D eigenvalue weighted by Crippen LogP contribution is -2.29. The van der Waals surface area contributed by atoms with Crippen molar-refractivity contribution in [2.45, 2.75) is 24.8 Å². The van der Waals surface area contributed by atoms with Gasteiger partial charge in [0.15, 0.2) is 0 Å². The maximum atomic E-state index is 5.97. The summed E-state index contributed by atoms with van der Waals surface area (Å²) in [5.74, 6) is 1.43. The minimum Gasteiger partial charge on any atom is -0.376 e. The van der Waals surface area contributed by atoms with Gasteiger partial charge in [0.25, 0.3) is 0 Å². The molecule has 0 amide bonds. The van der Waals surface area contributed by atoms with Gasteiger partial charge in [0, 0.05) is 25.6 Å². The molecule has 0 saturated carbocycles. The van der Waals surface area contributed by atoms with Crippen LogP contribution in [0.15, 0.2) is 30.3 Å². The van der Waals surface area contributed by atoms with Crippen molar-refractivity contribution in [2.24, 2.45) is 0 Å². The zero-order valence-electron chi connectivity index (χ0n) is 11.7. The van der Waals surface area contributed by atoms with E-state index in [2.05, 4.69) is 30.1 Å². The van der Waals surface area contributed by atoms with Gasteiger partial charge in [0.2, 0.25) is 0 Å². The quantitative estimate of drug-likeness (QED) is 0.805. The lowest BCUT2D eigenvalue weighted by Gasteiger charge is -2.23. The minimum absolute atomic E-state index is 0.320. The number of fused-ring (bicyclic) bond motifs is 1. The summed E-state index contributed by atoms with van der Waals surface area (Å²) < 4.78 is 5.72. The first-order chi connectivity index (χ1) is 9.78. The highest BCUT2D eigenvalue weighted by Gasteiger charge is 2.19. The molecule has 1 aliphatic heterocycles. The van der Waals surface area contributed by atoms with E-state index in [1.54, 1.807) is 0 Å². The van der Waals surface area contributed by atoms with Gasteiger partial charge in [-0.3, -0.25) is 0 Å². The molecule has 3 rings (SSSR count). The van der Waals surface area contributed by atoms with Crippen LogP contribution in [0.1, 0.15) is 18.5 Å². The van der Waals surface area contributed by atoms with E-state index >= 15 is 0 Å². The summed E-state index contributed by atoms with van der Waals surface area (Å²) in [5.41, 5.74) is 0.916. The number of hydrogen-bond acceptors (Lipinski definition) is 3. The molecule has 0 N–H and O–H groups in total. The standard InChI is InChI=1S/C16H19ClN2O/c1-19(11-14-6-4-8-20-14)16-15-7-3-2-5-12(15)9-13(10-17)18-16/h2-3,5,7,9,14H,4,6,8,10-11H2,1H3. The molecule has 2 aromatic rings. The van der Waals surface area contributed by atoms with Crippen LogP contribution in [-0.4, -0.2) is 31.3 Å². The van der Waals surface area contributed by atoms with Gasteiger partial charge >= 0.3 is 0 Å². The van der Waals surface area contributed by atoms with Gasteiger partial charge in [-0.05, 0) is 24.3 Å². The van der Waals surface area contributed by atoms with Crippen molar-refractivity contribution in [1.29, 1.82) is 0 Å². The molecule has 106 valence electrons. The van der Waals surface area contributed by atoms with E-state index in [9.17, 15) is 0 Å². The Balaban J connectivity index is 1.95. The maximum absolute atomic E-state index is 5.97. The molecule has 1 aromatic heterocycles. The molecule has 20 heavy (non-hydrogen) atoms. The van der Waals surface area contributed by atoms with Crippen molar-refractivity contribution in [2.75, 3.05) is 25.1 Å². The molecule has 0 bridgehead atoms. The molecule has 0 aliphatic carbocycles. The third-order valence-corrected chi connectivity index (χ3v) is 4.05. The van der Waals surface area contributed by atoms with Crippen LogP contribution in [-0.2, 0) is 10.6 Å². The van der Waals surface area contributed by atoms with Gasteiger partial charge in [-0.2, -0.15) is 0 Å². The van der Waals surface area contributed by atoms with E-state index in [-0.39, 0.29) is 0 Å². The molecule has 3 nitrogen and oxygen atoms in total. The number of aromatic nitrogens is 1. The molecular weight excluding hydrogens is 272 g/mol. The maximum Gasteiger partial charge on any atom is 0.136 e. The molecule has 1 aliphatic rings. The number of pyridine rings is 1. The van der Waals surface area contributed by atoms with Gasteiger partial charge in [0.05, 0.1) is 17.7 Å². The largest absolute Gasteiger partial charge is 0.376 e. The molecule has 4 heteroatoms. The Labute approximate surface area is 124 Å². The van der Waals surface area contributed by atoms with Gasteiger partial charge in [-0.15, -0.1) is 11.6 Å². The van der Waals surface area contributed by atoms with Crippen LogP contribution in [0, 0.1) is 0 Å². The molecule has 1 fully saturated rings. The Morgan fingerprint density at radius 2 is 2.25 bits per heavy atom. The van der Waals surface area contributed by atoms with E-state index in [0.29, 0.717) is 12.0 Å². The minimum atomic E-state index is 0.320. The molecule has 1 atom stereocenters. The predicted octanol–water partition coefficient (Wildman–Crippen LogP) is 3.59. The smallest absolute Gasteiger partial charge is 0.136 e. The summed E-state index contributed by atoms with van der Waals surface area (Å²) >= 11 is 5.97. The van der Waals surface area contributed by atoms with Crippen molar-refractivity contribution >= 4 is 28.2 Å². The zero-order chi connectivity index (χ0) is 13.9.